The number of aliphatic hydroxyl groups excluding tert-OH is 1. The number of carbonyl (C=O) groups excluding carboxylic acids is 1. The minimum Gasteiger partial charge on any atom is -0.459 e. The van der Waals surface area contributed by atoms with E-state index in [9.17, 15) is 14.3 Å². The highest BCUT2D eigenvalue weighted by molar-refractivity contribution is 5.82. The molecule has 23 heavy (non-hydrogen) atoms. The number of nitrogens with zero attached hydrogens (tertiary/aromatic N) is 1. The fourth-order valence-corrected chi connectivity index (χ4v) is 3.11. The van der Waals surface area contributed by atoms with Crippen LogP contribution in [0.4, 0.5) is 9.18 Å². The van der Waals surface area contributed by atoms with Gasteiger partial charge < -0.3 is 19.7 Å². The molecule has 1 fully saturated rings. The van der Waals surface area contributed by atoms with Gasteiger partial charge in [-0.15, -0.1) is 0 Å². The molecule has 0 bridgehead atoms. The van der Waals surface area contributed by atoms with Crippen LogP contribution in [0, 0.1) is 12.7 Å². The summed E-state index contributed by atoms with van der Waals surface area (Å²) >= 11 is 0. The number of rotatable bonds is 2. The summed E-state index contributed by atoms with van der Waals surface area (Å²) in [5.41, 5.74) is 1.43. The Bertz CT molecular complexity index is 728. The predicted octanol–water partition coefficient (Wildman–Crippen LogP) is 3.11. The number of likely N-dealkylation sites (tertiary alicyclic amines) is 1. The van der Waals surface area contributed by atoms with Crippen molar-refractivity contribution in [1.29, 1.82) is 0 Å². The van der Waals surface area contributed by atoms with E-state index in [4.69, 9.17) is 4.42 Å². The molecular weight excluding hydrogens is 299 g/mol. The first-order valence-electron chi connectivity index (χ1n) is 7.87. The lowest BCUT2D eigenvalue weighted by Gasteiger charge is -2.31. The monoisotopic (exact) mass is 320 g/mol. The van der Waals surface area contributed by atoms with Crippen molar-refractivity contribution < 1.29 is 18.7 Å². The minimum atomic E-state index is -0.458. The van der Waals surface area contributed by atoms with E-state index in [0.29, 0.717) is 24.4 Å². The van der Waals surface area contributed by atoms with E-state index in [1.165, 1.54) is 12.1 Å². The standard InChI is InChI=1S/C17H21FN2O3/c1-10-14-8-12(18)5-6-15(14)23-16(10)11(2)19-17(22)20-7-3-4-13(21)9-20/h5-6,8,11,13,21H,3-4,7,9H2,1-2H3,(H,19,22)/t11-,13+/m0/s1. The van der Waals surface area contributed by atoms with Crippen LogP contribution in [0.3, 0.4) is 0 Å². The molecule has 1 aliphatic heterocycles. The summed E-state index contributed by atoms with van der Waals surface area (Å²) in [7, 11) is 0. The van der Waals surface area contributed by atoms with Gasteiger partial charge in [0.15, 0.2) is 0 Å². The molecule has 2 N–H and O–H groups in total. The van der Waals surface area contributed by atoms with Gasteiger partial charge in [-0.25, -0.2) is 9.18 Å². The summed E-state index contributed by atoms with van der Waals surface area (Å²) in [6.45, 7) is 4.68. The minimum absolute atomic E-state index is 0.220. The van der Waals surface area contributed by atoms with Crippen molar-refractivity contribution in [3.05, 3.63) is 35.3 Å². The Hall–Kier alpha value is -2.08. The highest BCUT2D eigenvalue weighted by atomic mass is 19.1. The number of piperidine rings is 1. The molecule has 0 aliphatic carbocycles. The summed E-state index contributed by atoms with van der Waals surface area (Å²) in [4.78, 5) is 13.9. The van der Waals surface area contributed by atoms with E-state index in [2.05, 4.69) is 5.32 Å². The smallest absolute Gasteiger partial charge is 0.318 e. The van der Waals surface area contributed by atoms with Crippen LogP contribution < -0.4 is 5.32 Å². The first-order chi connectivity index (χ1) is 11.0. The van der Waals surface area contributed by atoms with E-state index in [1.54, 1.807) is 11.0 Å². The number of halogens is 1. The second kappa shape index (κ2) is 6.20. The second-order valence-corrected chi connectivity index (χ2v) is 6.15. The van der Waals surface area contributed by atoms with Crippen LogP contribution in [0.25, 0.3) is 11.0 Å². The number of amides is 2. The Morgan fingerprint density at radius 3 is 3.04 bits per heavy atom. The fourth-order valence-electron chi connectivity index (χ4n) is 3.11. The quantitative estimate of drug-likeness (QED) is 0.893. The highest BCUT2D eigenvalue weighted by Gasteiger charge is 2.25. The number of urea groups is 1. The van der Waals surface area contributed by atoms with Crippen molar-refractivity contribution in [1.82, 2.24) is 10.2 Å². The molecule has 0 radical (unpaired) electrons. The van der Waals surface area contributed by atoms with E-state index >= 15 is 0 Å². The Morgan fingerprint density at radius 1 is 1.52 bits per heavy atom. The van der Waals surface area contributed by atoms with Gasteiger partial charge in [0.1, 0.15) is 17.2 Å². The number of carbonyl (C=O) groups is 1. The first-order valence-corrected chi connectivity index (χ1v) is 7.87. The molecule has 5 nitrogen and oxygen atoms in total. The Labute approximate surface area is 134 Å². The van der Waals surface area contributed by atoms with Crippen molar-refractivity contribution in [3.63, 3.8) is 0 Å². The summed E-state index contributed by atoms with van der Waals surface area (Å²) in [6, 6.07) is 3.83. The van der Waals surface area contributed by atoms with Crippen LogP contribution in [0.15, 0.2) is 22.6 Å². The van der Waals surface area contributed by atoms with Crippen molar-refractivity contribution in [2.75, 3.05) is 13.1 Å². The van der Waals surface area contributed by atoms with E-state index < -0.39 is 6.10 Å². The third kappa shape index (κ3) is 3.17. The van der Waals surface area contributed by atoms with Gasteiger partial charge in [0.25, 0.3) is 0 Å². The Morgan fingerprint density at radius 2 is 2.30 bits per heavy atom. The van der Waals surface area contributed by atoms with E-state index in [-0.39, 0.29) is 17.9 Å². The van der Waals surface area contributed by atoms with Crippen molar-refractivity contribution in [2.45, 2.75) is 38.8 Å². The van der Waals surface area contributed by atoms with Gasteiger partial charge in [-0.1, -0.05) is 0 Å². The number of aryl methyl sites for hydroxylation is 1. The van der Waals surface area contributed by atoms with Crippen LogP contribution >= 0.6 is 0 Å². The third-order valence-electron chi connectivity index (χ3n) is 4.35. The highest BCUT2D eigenvalue weighted by Crippen LogP contribution is 2.30. The van der Waals surface area contributed by atoms with Gasteiger partial charge in [0.05, 0.1) is 12.1 Å². The summed E-state index contributed by atoms with van der Waals surface area (Å²) in [6.07, 6.45) is 1.07. The molecule has 2 amide bonds. The SMILES string of the molecule is Cc1c([C@H](C)NC(=O)N2CCC[C@@H](O)C2)oc2ccc(F)cc12. The average molecular weight is 320 g/mol. The zero-order valence-electron chi connectivity index (χ0n) is 13.3. The van der Waals surface area contributed by atoms with Crippen LogP contribution in [0.5, 0.6) is 0 Å². The molecule has 124 valence electrons. The van der Waals surface area contributed by atoms with E-state index in [1.807, 2.05) is 13.8 Å². The number of β-amino-alcohol motifs (C(OH)–C–C–N with tert-alkyl or cyclic N) is 1. The van der Waals surface area contributed by atoms with Gasteiger partial charge in [-0.2, -0.15) is 0 Å². The lowest BCUT2D eigenvalue weighted by molar-refractivity contribution is 0.0832. The van der Waals surface area contributed by atoms with Gasteiger partial charge in [-0.05, 0) is 44.9 Å². The maximum absolute atomic E-state index is 13.4. The van der Waals surface area contributed by atoms with Gasteiger partial charge in [0, 0.05) is 24.0 Å². The number of benzene rings is 1. The maximum atomic E-state index is 13.4. The van der Waals surface area contributed by atoms with Crippen LogP contribution in [-0.4, -0.2) is 35.2 Å². The molecule has 3 rings (SSSR count). The van der Waals surface area contributed by atoms with Gasteiger partial charge in [0.2, 0.25) is 0 Å². The topological polar surface area (TPSA) is 65.7 Å². The summed E-state index contributed by atoms with van der Waals surface area (Å²) in [5, 5.41) is 13.3. The van der Waals surface area contributed by atoms with Crippen molar-refractivity contribution in [2.24, 2.45) is 0 Å². The summed E-state index contributed by atoms with van der Waals surface area (Å²) < 4.78 is 19.2. The number of nitrogens with one attached hydrogen (secondary N) is 1. The van der Waals surface area contributed by atoms with Gasteiger partial charge >= 0.3 is 6.03 Å². The molecule has 1 aromatic carbocycles. The van der Waals surface area contributed by atoms with E-state index in [0.717, 1.165) is 23.8 Å². The lowest BCUT2D eigenvalue weighted by atomic mass is 10.1. The molecule has 1 saturated heterocycles. The summed E-state index contributed by atoms with van der Waals surface area (Å²) in [5.74, 6) is 0.309. The normalized spacial score (nSPS) is 19.8. The predicted molar refractivity (Wildman–Crippen MR) is 84.7 cm³/mol. The number of fused-ring (bicyclic) bond motifs is 1. The molecule has 0 spiro atoms. The molecule has 6 heteroatoms. The van der Waals surface area contributed by atoms with Gasteiger partial charge in [-0.3, -0.25) is 0 Å². The van der Waals surface area contributed by atoms with Crippen molar-refractivity contribution >= 4 is 17.0 Å². The number of hydrogen-bond acceptors (Lipinski definition) is 3. The largest absolute Gasteiger partial charge is 0.459 e. The molecule has 2 aromatic rings. The molecule has 0 unspecified atom stereocenters. The second-order valence-electron chi connectivity index (χ2n) is 6.15. The third-order valence-corrected chi connectivity index (χ3v) is 4.35. The van der Waals surface area contributed by atoms with Crippen LogP contribution in [0.1, 0.15) is 37.1 Å². The van der Waals surface area contributed by atoms with Crippen molar-refractivity contribution in [3.8, 4) is 0 Å². The lowest BCUT2D eigenvalue weighted by Crippen LogP contribution is -2.47. The molecule has 2 heterocycles. The zero-order valence-corrected chi connectivity index (χ0v) is 13.3. The number of aliphatic hydroxyl groups is 1. The zero-order chi connectivity index (χ0) is 16.6. The maximum Gasteiger partial charge on any atom is 0.318 e. The Balaban J connectivity index is 1.76. The molecular formula is C17H21FN2O3. The number of furan rings is 1. The average Bonchev–Trinajstić information content (AvgIpc) is 2.84. The fraction of sp³-hybridized carbons (Fsp3) is 0.471. The molecule has 1 aliphatic rings. The first kappa shape index (κ1) is 15.8. The molecule has 1 aromatic heterocycles. The molecule has 0 saturated carbocycles. The van der Waals surface area contributed by atoms with Crippen LogP contribution in [-0.2, 0) is 0 Å². The molecule has 2 atom stereocenters. The number of hydrogen-bond donors (Lipinski definition) is 2. The Kier molecular flexibility index (Phi) is 4.26. The van der Waals surface area contributed by atoms with Crippen LogP contribution in [0.2, 0.25) is 0 Å².